The van der Waals surface area contributed by atoms with Gasteiger partial charge < -0.3 is 10.1 Å². The Balaban J connectivity index is 1.81. The molecule has 0 saturated carbocycles. The van der Waals surface area contributed by atoms with Crippen molar-refractivity contribution >= 4 is 23.3 Å². The molecule has 0 spiro atoms. The summed E-state index contributed by atoms with van der Waals surface area (Å²) < 4.78 is 17.8. The van der Waals surface area contributed by atoms with Crippen molar-refractivity contribution in [2.75, 3.05) is 5.32 Å². The number of hydrogen-bond acceptors (Lipinski definition) is 3. The Morgan fingerprint density at radius 3 is 2.43 bits per heavy atom. The third kappa shape index (κ3) is 2.67. The number of anilines is 1. The SMILES string of the molecule is O=C(C=C1OC(=O)c2ccccc21)Nc1ccc(F)cc1. The van der Waals surface area contributed by atoms with Crippen LogP contribution >= 0.6 is 0 Å². The fraction of sp³-hybridized carbons (Fsp3) is 0. The van der Waals surface area contributed by atoms with Crippen LogP contribution in [0.4, 0.5) is 10.1 Å². The zero-order valence-electron chi connectivity index (χ0n) is 10.8. The highest BCUT2D eigenvalue weighted by molar-refractivity contribution is 6.09. The van der Waals surface area contributed by atoms with E-state index < -0.39 is 11.9 Å². The average molecular weight is 283 g/mol. The number of fused-ring (bicyclic) bond motifs is 1. The molecule has 0 fully saturated rings. The maximum absolute atomic E-state index is 12.8. The van der Waals surface area contributed by atoms with Crippen molar-refractivity contribution in [1.82, 2.24) is 0 Å². The smallest absolute Gasteiger partial charge is 0.344 e. The fourth-order valence-corrected chi connectivity index (χ4v) is 2.02. The van der Waals surface area contributed by atoms with Gasteiger partial charge in [0.1, 0.15) is 11.6 Å². The van der Waals surface area contributed by atoms with E-state index >= 15 is 0 Å². The van der Waals surface area contributed by atoms with E-state index in [0.29, 0.717) is 16.8 Å². The van der Waals surface area contributed by atoms with Crippen LogP contribution in [0, 0.1) is 5.82 Å². The third-order valence-corrected chi connectivity index (χ3v) is 2.99. The lowest BCUT2D eigenvalue weighted by Gasteiger charge is -2.02. The molecule has 0 atom stereocenters. The standard InChI is InChI=1S/C16H10FNO3/c17-10-5-7-11(8-6-10)18-15(19)9-14-12-3-1-2-4-13(12)16(20)21-14/h1-9H,(H,18,19). The first-order valence-electron chi connectivity index (χ1n) is 6.23. The van der Waals surface area contributed by atoms with Crippen LogP contribution in [0.1, 0.15) is 15.9 Å². The molecule has 0 aliphatic carbocycles. The molecule has 0 aromatic heterocycles. The van der Waals surface area contributed by atoms with E-state index in [2.05, 4.69) is 5.32 Å². The molecule has 1 amide bonds. The molecule has 1 aliphatic rings. The van der Waals surface area contributed by atoms with Gasteiger partial charge in [-0.2, -0.15) is 0 Å². The number of rotatable bonds is 2. The first kappa shape index (κ1) is 13.1. The van der Waals surface area contributed by atoms with E-state index in [4.69, 9.17) is 4.74 Å². The molecule has 2 aromatic carbocycles. The van der Waals surface area contributed by atoms with Gasteiger partial charge in [0, 0.05) is 17.3 Å². The number of carbonyl (C=O) groups is 2. The van der Waals surface area contributed by atoms with Crippen LogP contribution in [0.2, 0.25) is 0 Å². The molecule has 0 radical (unpaired) electrons. The summed E-state index contributed by atoms with van der Waals surface area (Å²) >= 11 is 0. The second-order valence-electron chi connectivity index (χ2n) is 4.44. The minimum absolute atomic E-state index is 0.204. The fourth-order valence-electron chi connectivity index (χ4n) is 2.02. The van der Waals surface area contributed by atoms with E-state index in [9.17, 15) is 14.0 Å². The number of halogens is 1. The zero-order chi connectivity index (χ0) is 14.8. The van der Waals surface area contributed by atoms with Gasteiger partial charge in [0.15, 0.2) is 0 Å². The number of ether oxygens (including phenoxy) is 1. The number of amides is 1. The summed E-state index contributed by atoms with van der Waals surface area (Å²) in [4.78, 5) is 23.5. The Morgan fingerprint density at radius 2 is 1.71 bits per heavy atom. The Kier molecular flexibility index (Phi) is 3.23. The van der Waals surface area contributed by atoms with Gasteiger partial charge in [0.2, 0.25) is 0 Å². The molecule has 4 nitrogen and oxygen atoms in total. The molecule has 2 aromatic rings. The number of nitrogens with one attached hydrogen (secondary N) is 1. The maximum Gasteiger partial charge on any atom is 0.344 e. The third-order valence-electron chi connectivity index (χ3n) is 2.99. The predicted molar refractivity (Wildman–Crippen MR) is 74.9 cm³/mol. The molecule has 21 heavy (non-hydrogen) atoms. The van der Waals surface area contributed by atoms with Crippen molar-refractivity contribution in [2.24, 2.45) is 0 Å². The quantitative estimate of drug-likeness (QED) is 0.681. The molecule has 0 bridgehead atoms. The number of cyclic esters (lactones) is 1. The Hall–Kier alpha value is -2.95. The van der Waals surface area contributed by atoms with E-state index in [0.717, 1.165) is 0 Å². The Morgan fingerprint density at radius 1 is 1.05 bits per heavy atom. The maximum atomic E-state index is 12.8. The van der Waals surface area contributed by atoms with Crippen molar-refractivity contribution in [3.05, 3.63) is 71.6 Å². The molecule has 0 saturated heterocycles. The lowest BCUT2D eigenvalue weighted by atomic mass is 10.1. The van der Waals surface area contributed by atoms with Crippen LogP contribution in [0.5, 0.6) is 0 Å². The number of hydrogen-bond donors (Lipinski definition) is 1. The van der Waals surface area contributed by atoms with Crippen molar-refractivity contribution in [1.29, 1.82) is 0 Å². The molecular formula is C16H10FNO3. The molecule has 1 aliphatic heterocycles. The normalized spacial score (nSPS) is 14.7. The molecule has 1 N–H and O–H groups in total. The molecule has 104 valence electrons. The van der Waals surface area contributed by atoms with Gasteiger partial charge in [-0.05, 0) is 30.3 Å². The van der Waals surface area contributed by atoms with Crippen molar-refractivity contribution in [3.63, 3.8) is 0 Å². The zero-order valence-corrected chi connectivity index (χ0v) is 10.8. The van der Waals surface area contributed by atoms with Gasteiger partial charge in [-0.25, -0.2) is 9.18 Å². The number of benzene rings is 2. The van der Waals surface area contributed by atoms with Crippen molar-refractivity contribution < 1.29 is 18.7 Å². The van der Waals surface area contributed by atoms with Crippen LogP contribution in [0.3, 0.4) is 0 Å². The highest BCUT2D eigenvalue weighted by Crippen LogP contribution is 2.29. The van der Waals surface area contributed by atoms with Gasteiger partial charge in [0.25, 0.3) is 5.91 Å². The second kappa shape index (κ2) is 5.20. The topological polar surface area (TPSA) is 55.4 Å². The lowest BCUT2D eigenvalue weighted by Crippen LogP contribution is -2.08. The Bertz CT molecular complexity index is 750. The number of esters is 1. The summed E-state index contributed by atoms with van der Waals surface area (Å²) in [5.41, 5.74) is 1.46. The molecule has 1 heterocycles. The highest BCUT2D eigenvalue weighted by atomic mass is 19.1. The average Bonchev–Trinajstić information content (AvgIpc) is 2.78. The summed E-state index contributed by atoms with van der Waals surface area (Å²) in [6.07, 6.45) is 1.20. The highest BCUT2D eigenvalue weighted by Gasteiger charge is 2.26. The van der Waals surface area contributed by atoms with Crippen molar-refractivity contribution in [3.8, 4) is 0 Å². The van der Waals surface area contributed by atoms with E-state index in [-0.39, 0.29) is 11.6 Å². The summed E-state index contributed by atoms with van der Waals surface area (Å²) in [5.74, 6) is -1.12. The van der Waals surface area contributed by atoms with Crippen LogP contribution in [0.25, 0.3) is 5.76 Å². The summed E-state index contributed by atoms with van der Waals surface area (Å²) in [6, 6.07) is 12.2. The second-order valence-corrected chi connectivity index (χ2v) is 4.44. The summed E-state index contributed by atoms with van der Waals surface area (Å²) in [6.45, 7) is 0. The minimum atomic E-state index is -0.480. The molecule has 5 heteroatoms. The van der Waals surface area contributed by atoms with Gasteiger partial charge >= 0.3 is 5.97 Å². The van der Waals surface area contributed by atoms with E-state index in [1.165, 1.54) is 30.3 Å². The van der Waals surface area contributed by atoms with Gasteiger partial charge in [0.05, 0.1) is 5.56 Å². The van der Waals surface area contributed by atoms with Gasteiger partial charge in [-0.1, -0.05) is 18.2 Å². The van der Waals surface area contributed by atoms with Crippen LogP contribution in [-0.2, 0) is 9.53 Å². The van der Waals surface area contributed by atoms with Crippen LogP contribution in [-0.4, -0.2) is 11.9 Å². The van der Waals surface area contributed by atoms with E-state index in [1.54, 1.807) is 24.3 Å². The summed E-state index contributed by atoms with van der Waals surface area (Å²) in [7, 11) is 0. The Labute approximate surface area is 119 Å². The molecule has 3 rings (SSSR count). The van der Waals surface area contributed by atoms with E-state index in [1.807, 2.05) is 0 Å². The van der Waals surface area contributed by atoms with Gasteiger partial charge in [-0.3, -0.25) is 4.79 Å². The predicted octanol–water partition coefficient (Wildman–Crippen LogP) is 2.98. The van der Waals surface area contributed by atoms with Crippen LogP contribution < -0.4 is 5.32 Å². The minimum Gasteiger partial charge on any atom is -0.422 e. The monoisotopic (exact) mass is 283 g/mol. The summed E-state index contributed by atoms with van der Waals surface area (Å²) in [5, 5.41) is 2.57. The van der Waals surface area contributed by atoms with Crippen LogP contribution in [0.15, 0.2) is 54.6 Å². The van der Waals surface area contributed by atoms with Crippen molar-refractivity contribution in [2.45, 2.75) is 0 Å². The first-order valence-corrected chi connectivity index (χ1v) is 6.23. The van der Waals surface area contributed by atoms with Gasteiger partial charge in [-0.15, -0.1) is 0 Å². The molecule has 0 unspecified atom stereocenters. The lowest BCUT2D eigenvalue weighted by molar-refractivity contribution is -0.111. The number of carbonyl (C=O) groups excluding carboxylic acids is 2. The molecular weight excluding hydrogens is 273 g/mol. The largest absolute Gasteiger partial charge is 0.422 e. The first-order chi connectivity index (χ1) is 10.1.